The number of nitrogens with zero attached hydrogens (tertiary/aromatic N) is 5. The highest BCUT2D eigenvalue weighted by Crippen LogP contribution is 2.50. The van der Waals surface area contributed by atoms with Gasteiger partial charge < -0.3 is 19.1 Å². The van der Waals surface area contributed by atoms with Gasteiger partial charge in [0.15, 0.2) is 6.29 Å². The quantitative estimate of drug-likeness (QED) is 0.394. The Morgan fingerprint density at radius 3 is 2.86 bits per heavy atom. The molecule has 0 radical (unpaired) electrons. The van der Waals surface area contributed by atoms with E-state index in [0.29, 0.717) is 23.4 Å². The maximum Gasteiger partial charge on any atom is 0.387 e. The Balaban J connectivity index is 1.53. The molecule has 1 amide bonds. The topological polar surface area (TPSA) is 88.2 Å². The van der Waals surface area contributed by atoms with Gasteiger partial charge in [0.25, 0.3) is 5.91 Å². The minimum atomic E-state index is -3.01. The molecule has 2 bridgehead atoms. The smallest absolute Gasteiger partial charge is 0.387 e. The Morgan fingerprint density at radius 2 is 2.09 bits per heavy atom. The fourth-order valence-electron chi connectivity index (χ4n) is 5.21. The van der Waals surface area contributed by atoms with Crippen LogP contribution in [-0.2, 0) is 6.29 Å². The van der Waals surface area contributed by atoms with E-state index in [1.165, 1.54) is 6.07 Å². The molecule has 0 saturated heterocycles. The minimum Gasteiger partial charge on any atom is -0.629 e. The average molecular weight is 495 g/mol. The number of carbonyl (C=O) groups excluding carboxylic acids is 1. The molecule has 11 heteroatoms. The van der Waals surface area contributed by atoms with Crippen LogP contribution in [0.25, 0.3) is 22.2 Å². The predicted octanol–water partition coefficient (Wildman–Crippen LogP) is 3.77. The van der Waals surface area contributed by atoms with Gasteiger partial charge in [-0.3, -0.25) is 4.79 Å². The lowest BCUT2D eigenvalue weighted by Gasteiger charge is -2.24. The van der Waals surface area contributed by atoms with Gasteiger partial charge in [0.2, 0.25) is 0 Å². The van der Waals surface area contributed by atoms with E-state index in [2.05, 4.69) is 11.4 Å². The Morgan fingerprint density at radius 1 is 1.26 bits per heavy atom. The molecule has 2 aliphatic heterocycles. The molecule has 0 fully saturated rings. The monoisotopic (exact) mass is 495 g/mol. The van der Waals surface area contributed by atoms with E-state index in [9.17, 15) is 18.5 Å². The zero-order chi connectivity index (χ0) is 24.4. The van der Waals surface area contributed by atoms with Crippen LogP contribution in [0.2, 0.25) is 0 Å². The molecule has 35 heavy (non-hydrogen) atoms. The summed E-state index contributed by atoms with van der Waals surface area (Å²) in [7, 11) is 0.0913. The number of carbonyl (C=O) groups is 1. The molecule has 0 N–H and O–H groups in total. The summed E-state index contributed by atoms with van der Waals surface area (Å²) in [6.45, 7) is -3.01. The number of ether oxygens (including phenoxy) is 1. The second kappa shape index (κ2) is 7.96. The summed E-state index contributed by atoms with van der Waals surface area (Å²) in [5.41, 5.74) is 4.08. The summed E-state index contributed by atoms with van der Waals surface area (Å²) < 4.78 is 35.0. The van der Waals surface area contributed by atoms with Crippen molar-refractivity contribution in [2.75, 3.05) is 7.05 Å². The lowest BCUT2D eigenvalue weighted by atomic mass is 9.97. The maximum atomic E-state index is 13.3. The number of fused-ring (bicyclic) bond motifs is 9. The van der Waals surface area contributed by atoms with Crippen molar-refractivity contribution < 1.29 is 23.2 Å². The van der Waals surface area contributed by atoms with Crippen molar-refractivity contribution in [1.82, 2.24) is 24.2 Å². The predicted molar refractivity (Wildman–Crippen MR) is 126 cm³/mol. The molecule has 6 rings (SSSR count). The number of alkyl halides is 2. The Bertz CT molecular complexity index is 1510. The second-order valence-electron chi connectivity index (χ2n) is 8.71. The number of benzene rings is 2. The lowest BCUT2D eigenvalue weighted by Crippen LogP contribution is -2.30. The largest absolute Gasteiger partial charge is 0.629 e. The zero-order valence-electron chi connectivity index (χ0n) is 18.6. The van der Waals surface area contributed by atoms with Crippen molar-refractivity contribution in [2.45, 2.75) is 31.4 Å². The third kappa shape index (κ3) is 3.44. The van der Waals surface area contributed by atoms with Gasteiger partial charge in [0.05, 0.1) is 43.4 Å². The third-order valence-corrected chi connectivity index (χ3v) is 7.28. The first-order chi connectivity index (χ1) is 16.8. The van der Waals surface area contributed by atoms with Crippen LogP contribution in [0.5, 0.6) is 5.75 Å². The molecule has 2 aliphatic rings. The van der Waals surface area contributed by atoms with Gasteiger partial charge >= 0.3 is 6.61 Å². The van der Waals surface area contributed by atoms with E-state index >= 15 is 0 Å². The van der Waals surface area contributed by atoms with E-state index in [1.807, 2.05) is 22.8 Å². The van der Waals surface area contributed by atoms with Crippen LogP contribution in [0, 0.1) is 0 Å². The van der Waals surface area contributed by atoms with Gasteiger partial charge in [-0.25, -0.2) is 9.67 Å². The standard InChI is InChI=1S/C24H20F2N5O3P/c1-29-19-9-18(21-15(23(29)32)4-3-5-20(21)34-24(25)26)31-17-8-13(6-7-16(17)28-22(19)31)14-10-27-30(11-14)12-35(2)33/h3-8,10-11,18-19,24H,2,9,12H2,1H3. The van der Waals surface area contributed by atoms with Gasteiger partial charge in [-0.1, -0.05) is 12.1 Å². The van der Waals surface area contributed by atoms with Crippen LogP contribution in [0.4, 0.5) is 8.78 Å². The molecule has 8 nitrogen and oxygen atoms in total. The SMILES string of the molecule is C=[P+]([O-])Cn1cc(-c2ccc3nc4n(c3c2)C2CC4N(C)C(=O)c3cccc(OC(F)F)c32)cn1. The Hall–Kier alpha value is -3.62. The normalized spacial score (nSPS) is 19.2. The van der Waals surface area contributed by atoms with Gasteiger partial charge in [-0.05, 0) is 29.8 Å². The Kier molecular flexibility index (Phi) is 4.98. The van der Waals surface area contributed by atoms with Crippen LogP contribution in [0.15, 0.2) is 48.8 Å². The lowest BCUT2D eigenvalue weighted by molar-refractivity contribution is -0.154. The minimum absolute atomic E-state index is 0.000632. The first-order valence-electron chi connectivity index (χ1n) is 11.0. The molecule has 4 aromatic rings. The maximum absolute atomic E-state index is 13.3. The molecule has 3 atom stereocenters. The summed E-state index contributed by atoms with van der Waals surface area (Å²) in [5.74, 6) is 0.460. The highest BCUT2D eigenvalue weighted by molar-refractivity contribution is 7.47. The van der Waals surface area contributed by atoms with E-state index in [0.717, 1.165) is 22.2 Å². The number of amides is 1. The van der Waals surface area contributed by atoms with E-state index < -0.39 is 20.4 Å². The first-order valence-corrected chi connectivity index (χ1v) is 12.6. The van der Waals surface area contributed by atoms with Crippen LogP contribution < -0.4 is 9.63 Å². The van der Waals surface area contributed by atoms with Gasteiger partial charge in [0.1, 0.15) is 11.6 Å². The summed E-state index contributed by atoms with van der Waals surface area (Å²) in [5, 5.41) is 4.26. The van der Waals surface area contributed by atoms with Crippen molar-refractivity contribution in [3.05, 3.63) is 65.7 Å². The van der Waals surface area contributed by atoms with Crippen LogP contribution in [-0.4, -0.2) is 50.1 Å². The van der Waals surface area contributed by atoms with Crippen LogP contribution in [0.1, 0.15) is 40.3 Å². The van der Waals surface area contributed by atoms with Crippen molar-refractivity contribution in [1.29, 1.82) is 0 Å². The zero-order valence-corrected chi connectivity index (χ0v) is 19.5. The number of hydrogen-bond donors (Lipinski definition) is 0. The van der Waals surface area contributed by atoms with Gasteiger partial charge in [-0.15, -0.1) is 0 Å². The Labute approximate surface area is 199 Å². The third-order valence-electron chi connectivity index (χ3n) is 6.68. The molecule has 0 spiro atoms. The van der Waals surface area contributed by atoms with Crippen molar-refractivity contribution in [3.8, 4) is 16.9 Å². The van der Waals surface area contributed by atoms with Crippen molar-refractivity contribution in [3.63, 3.8) is 0 Å². The fourth-order valence-corrected chi connectivity index (χ4v) is 5.69. The van der Waals surface area contributed by atoms with Crippen molar-refractivity contribution in [2.24, 2.45) is 0 Å². The summed E-state index contributed by atoms with van der Waals surface area (Å²) >= 11 is 0. The molecule has 0 saturated carbocycles. The van der Waals surface area contributed by atoms with E-state index in [1.54, 1.807) is 41.2 Å². The number of aromatic nitrogens is 4. The number of halogens is 2. The molecule has 4 heterocycles. The summed E-state index contributed by atoms with van der Waals surface area (Å²) in [4.78, 5) is 31.1. The average Bonchev–Trinajstić information content (AvgIpc) is 3.49. The first kappa shape index (κ1) is 21.9. The fraction of sp³-hybridized carbons (Fsp3) is 0.250. The van der Waals surface area contributed by atoms with Crippen molar-refractivity contribution >= 4 is 31.0 Å². The number of imidazole rings is 1. The molecular formula is C24H20F2N5O3P. The molecule has 178 valence electrons. The molecular weight excluding hydrogens is 475 g/mol. The molecule has 0 aliphatic carbocycles. The van der Waals surface area contributed by atoms with E-state index in [4.69, 9.17) is 9.72 Å². The molecule has 3 unspecified atom stereocenters. The highest BCUT2D eigenvalue weighted by atomic mass is 31.1. The van der Waals surface area contributed by atoms with Gasteiger partial charge in [-0.2, -0.15) is 13.9 Å². The molecule has 2 aromatic heterocycles. The second-order valence-corrected chi connectivity index (χ2v) is 9.96. The van der Waals surface area contributed by atoms with Gasteiger partial charge in [0, 0.05) is 36.4 Å². The van der Waals surface area contributed by atoms with Crippen LogP contribution >= 0.6 is 7.77 Å². The molecule has 2 aromatic carbocycles. The van der Waals surface area contributed by atoms with E-state index in [-0.39, 0.29) is 24.0 Å². The summed E-state index contributed by atoms with van der Waals surface area (Å²) in [6.07, 6.45) is 7.77. The summed E-state index contributed by atoms with van der Waals surface area (Å²) in [6, 6.07) is 9.79. The van der Waals surface area contributed by atoms with Crippen LogP contribution in [0.3, 0.4) is 0 Å². The number of rotatable bonds is 5. The number of hydrogen-bond acceptors (Lipinski definition) is 5. The highest BCUT2D eigenvalue weighted by Gasteiger charge is 2.45.